The van der Waals surface area contributed by atoms with Crippen LogP contribution in [0.15, 0.2) is 18.2 Å². The van der Waals surface area contributed by atoms with Gasteiger partial charge in [-0.1, -0.05) is 34.5 Å². The van der Waals surface area contributed by atoms with Gasteiger partial charge >= 0.3 is 6.18 Å². The molecule has 4 nitrogen and oxygen atoms in total. The summed E-state index contributed by atoms with van der Waals surface area (Å²) in [4.78, 5) is 11.8. The van der Waals surface area contributed by atoms with Gasteiger partial charge in [0.2, 0.25) is 10.1 Å². The van der Waals surface area contributed by atoms with E-state index in [0.29, 0.717) is 0 Å². The molecule has 10 heteroatoms. The number of rotatable bonds is 2. The summed E-state index contributed by atoms with van der Waals surface area (Å²) >= 11 is 11.7. The highest BCUT2D eigenvalue weighted by Crippen LogP contribution is 2.33. The van der Waals surface area contributed by atoms with Gasteiger partial charge in [-0.3, -0.25) is 10.1 Å². The van der Waals surface area contributed by atoms with Gasteiger partial charge in [0.05, 0.1) is 0 Å². The molecule has 0 bridgehead atoms. The van der Waals surface area contributed by atoms with E-state index in [1.807, 2.05) is 0 Å². The Balaban J connectivity index is 2.17. The van der Waals surface area contributed by atoms with Crippen molar-refractivity contribution in [2.75, 3.05) is 5.32 Å². The van der Waals surface area contributed by atoms with Crippen LogP contribution in [0.2, 0.25) is 10.0 Å². The molecule has 0 unspecified atom stereocenters. The van der Waals surface area contributed by atoms with Crippen LogP contribution < -0.4 is 5.32 Å². The first-order valence-corrected chi connectivity index (χ1v) is 6.51. The van der Waals surface area contributed by atoms with Crippen LogP contribution in [-0.2, 0) is 6.18 Å². The third-order valence-corrected chi connectivity index (χ3v) is 3.33. The van der Waals surface area contributed by atoms with Crippen LogP contribution in [0, 0.1) is 0 Å². The zero-order chi connectivity index (χ0) is 14.9. The van der Waals surface area contributed by atoms with Crippen LogP contribution >= 0.6 is 34.5 Å². The molecule has 2 aromatic rings. The van der Waals surface area contributed by atoms with Crippen molar-refractivity contribution in [3.05, 3.63) is 38.8 Å². The predicted octanol–water partition coefficient (Wildman–Crippen LogP) is 4.12. The predicted molar refractivity (Wildman–Crippen MR) is 69.3 cm³/mol. The van der Waals surface area contributed by atoms with E-state index >= 15 is 0 Å². The Kier molecular flexibility index (Phi) is 4.17. The van der Waals surface area contributed by atoms with Gasteiger partial charge in [0.1, 0.15) is 0 Å². The van der Waals surface area contributed by atoms with Crippen molar-refractivity contribution in [2.45, 2.75) is 6.18 Å². The topological polar surface area (TPSA) is 54.9 Å². The Labute approximate surface area is 124 Å². The quantitative estimate of drug-likeness (QED) is 0.893. The summed E-state index contributed by atoms with van der Waals surface area (Å²) in [5.41, 5.74) is 0.103. The minimum Gasteiger partial charge on any atom is -0.296 e. The minimum absolute atomic E-state index is 0.103. The average Bonchev–Trinajstić information content (AvgIpc) is 2.75. The van der Waals surface area contributed by atoms with E-state index in [0.717, 1.165) is 0 Å². The Hall–Kier alpha value is -1.38. The van der Waals surface area contributed by atoms with Crippen molar-refractivity contribution in [3.63, 3.8) is 0 Å². The highest BCUT2D eigenvalue weighted by molar-refractivity contribution is 7.15. The third-order valence-electron chi connectivity index (χ3n) is 2.01. The molecule has 1 N–H and O–H groups in total. The molecule has 0 aliphatic carbocycles. The fraction of sp³-hybridized carbons (Fsp3) is 0.100. The number of hydrogen-bond donors (Lipinski definition) is 1. The number of nitrogens with one attached hydrogen (secondary N) is 1. The van der Waals surface area contributed by atoms with Gasteiger partial charge < -0.3 is 0 Å². The van der Waals surface area contributed by atoms with Crippen molar-refractivity contribution in [1.29, 1.82) is 0 Å². The lowest BCUT2D eigenvalue weighted by Gasteiger charge is -2.02. The fourth-order valence-electron chi connectivity index (χ4n) is 1.24. The smallest absolute Gasteiger partial charge is 0.296 e. The van der Waals surface area contributed by atoms with E-state index in [1.165, 1.54) is 18.2 Å². The first-order valence-electron chi connectivity index (χ1n) is 4.94. The van der Waals surface area contributed by atoms with Gasteiger partial charge in [0.25, 0.3) is 5.91 Å². The zero-order valence-corrected chi connectivity index (χ0v) is 11.7. The number of benzene rings is 1. The second-order valence-corrected chi connectivity index (χ2v) is 5.37. The lowest BCUT2D eigenvalue weighted by atomic mass is 10.2. The van der Waals surface area contributed by atoms with E-state index in [1.54, 1.807) is 0 Å². The van der Waals surface area contributed by atoms with Gasteiger partial charge in [0.15, 0.2) is 0 Å². The van der Waals surface area contributed by atoms with Gasteiger partial charge in [-0.15, -0.1) is 10.2 Å². The number of alkyl halides is 3. The number of halogens is 5. The number of carbonyl (C=O) groups is 1. The Morgan fingerprint density at radius 1 is 1.15 bits per heavy atom. The minimum atomic E-state index is -4.60. The first kappa shape index (κ1) is 15.0. The van der Waals surface area contributed by atoms with E-state index in [-0.39, 0.29) is 32.1 Å². The van der Waals surface area contributed by atoms with Crippen molar-refractivity contribution in [3.8, 4) is 0 Å². The first-order chi connectivity index (χ1) is 9.25. The van der Waals surface area contributed by atoms with Crippen molar-refractivity contribution in [1.82, 2.24) is 10.2 Å². The third kappa shape index (κ3) is 3.59. The maximum atomic E-state index is 12.3. The van der Waals surface area contributed by atoms with Crippen LogP contribution in [0.4, 0.5) is 18.3 Å². The molecule has 0 saturated heterocycles. The number of nitrogens with zero attached hydrogens (tertiary/aromatic N) is 2. The van der Waals surface area contributed by atoms with Gasteiger partial charge in [-0.05, 0) is 18.2 Å². The van der Waals surface area contributed by atoms with Crippen LogP contribution in [-0.4, -0.2) is 16.1 Å². The lowest BCUT2D eigenvalue weighted by molar-refractivity contribution is -0.138. The van der Waals surface area contributed by atoms with E-state index in [4.69, 9.17) is 23.2 Å². The lowest BCUT2D eigenvalue weighted by Crippen LogP contribution is -2.11. The summed E-state index contributed by atoms with van der Waals surface area (Å²) in [6.07, 6.45) is -4.60. The number of amides is 1. The fourth-order valence-corrected chi connectivity index (χ4v) is 2.37. The molecule has 0 aliphatic heterocycles. The Morgan fingerprint density at radius 3 is 2.25 bits per heavy atom. The Morgan fingerprint density at radius 2 is 1.75 bits per heavy atom. The summed E-state index contributed by atoms with van der Waals surface area (Å²) in [5, 5.41) is 7.44. The molecule has 0 fully saturated rings. The van der Waals surface area contributed by atoms with Gasteiger partial charge in [-0.25, -0.2) is 0 Å². The molecular formula is C10H4Cl2F3N3OS. The summed E-state index contributed by atoms with van der Waals surface area (Å²) < 4.78 is 37.0. The summed E-state index contributed by atoms with van der Waals surface area (Å²) in [5.74, 6) is -0.681. The number of hydrogen-bond acceptors (Lipinski definition) is 4. The van der Waals surface area contributed by atoms with E-state index < -0.39 is 17.1 Å². The van der Waals surface area contributed by atoms with Crippen molar-refractivity contribution in [2.24, 2.45) is 0 Å². The van der Waals surface area contributed by atoms with Crippen molar-refractivity contribution < 1.29 is 18.0 Å². The van der Waals surface area contributed by atoms with Crippen LogP contribution in [0.3, 0.4) is 0 Å². The summed E-state index contributed by atoms with van der Waals surface area (Å²) in [6.45, 7) is 0. The Bertz CT molecular complexity index is 639. The highest BCUT2D eigenvalue weighted by atomic mass is 35.5. The molecule has 106 valence electrons. The molecule has 1 aromatic heterocycles. The molecule has 0 atom stereocenters. The van der Waals surface area contributed by atoms with Crippen LogP contribution in [0.5, 0.6) is 0 Å². The number of anilines is 1. The van der Waals surface area contributed by atoms with E-state index in [9.17, 15) is 18.0 Å². The highest BCUT2D eigenvalue weighted by Gasteiger charge is 2.35. The maximum Gasteiger partial charge on any atom is 0.445 e. The second kappa shape index (κ2) is 5.55. The standard InChI is InChI=1S/C10H4Cl2F3N3OS/c11-5-1-4(2-6(12)3-5)7(19)16-9-18-17-8(20-9)10(13,14)15/h1-3H,(H,16,18,19). The summed E-state index contributed by atoms with van der Waals surface area (Å²) in [7, 11) is 0. The zero-order valence-electron chi connectivity index (χ0n) is 9.33. The molecule has 0 aliphatic rings. The maximum absolute atomic E-state index is 12.3. The summed E-state index contributed by atoms with van der Waals surface area (Å²) in [6, 6.07) is 4.08. The molecule has 0 radical (unpaired) electrons. The molecule has 0 spiro atoms. The van der Waals surface area contributed by atoms with Crippen molar-refractivity contribution >= 4 is 45.6 Å². The van der Waals surface area contributed by atoms with E-state index in [2.05, 4.69) is 15.5 Å². The molecule has 1 aromatic carbocycles. The van der Waals surface area contributed by atoms with Crippen LogP contribution in [0.25, 0.3) is 0 Å². The average molecular weight is 342 g/mol. The normalized spacial score (nSPS) is 11.4. The molecular weight excluding hydrogens is 338 g/mol. The SMILES string of the molecule is O=C(Nc1nnc(C(F)(F)F)s1)c1cc(Cl)cc(Cl)c1. The molecule has 2 rings (SSSR count). The number of carbonyl (C=O) groups excluding carboxylic acids is 1. The second-order valence-electron chi connectivity index (χ2n) is 3.52. The number of aromatic nitrogens is 2. The van der Waals surface area contributed by atoms with Gasteiger partial charge in [-0.2, -0.15) is 13.2 Å². The van der Waals surface area contributed by atoms with Crippen LogP contribution in [0.1, 0.15) is 15.4 Å². The van der Waals surface area contributed by atoms with Gasteiger partial charge in [0, 0.05) is 15.6 Å². The largest absolute Gasteiger partial charge is 0.445 e. The molecule has 20 heavy (non-hydrogen) atoms. The molecule has 0 saturated carbocycles. The molecule has 1 heterocycles. The monoisotopic (exact) mass is 341 g/mol. The molecule has 1 amide bonds.